The predicted octanol–water partition coefficient (Wildman–Crippen LogP) is 1.90. The van der Waals surface area contributed by atoms with E-state index >= 15 is 0 Å². The molecule has 7 heteroatoms. The first-order valence-electron chi connectivity index (χ1n) is 7.77. The van der Waals surface area contributed by atoms with Crippen LogP contribution >= 0.6 is 24.0 Å². The number of guanidine groups is 1. The normalized spacial score (nSPS) is 11.4. The summed E-state index contributed by atoms with van der Waals surface area (Å²) in [5.41, 5.74) is 0.818. The molecule has 1 amide bonds. The first kappa shape index (κ1) is 22.6. The van der Waals surface area contributed by atoms with Gasteiger partial charge in [0.1, 0.15) is 0 Å². The Morgan fingerprint density at radius 3 is 2.42 bits per heavy atom. The molecule has 136 valence electrons. The fourth-order valence-corrected chi connectivity index (χ4v) is 1.77. The van der Waals surface area contributed by atoms with Crippen molar-refractivity contribution in [3.05, 3.63) is 35.9 Å². The summed E-state index contributed by atoms with van der Waals surface area (Å²) in [6.45, 7) is 5.68. The number of methoxy groups -OCH3 is 1. The summed E-state index contributed by atoms with van der Waals surface area (Å²) >= 11 is 0. The Morgan fingerprint density at radius 1 is 1.17 bits per heavy atom. The van der Waals surface area contributed by atoms with Crippen LogP contribution in [-0.2, 0) is 16.1 Å². The Morgan fingerprint density at radius 2 is 1.83 bits per heavy atom. The lowest BCUT2D eigenvalue weighted by atomic mass is 10.1. The lowest BCUT2D eigenvalue weighted by molar-refractivity contribution is -0.121. The average Bonchev–Trinajstić information content (AvgIpc) is 2.57. The molecule has 0 saturated carbocycles. The Hall–Kier alpha value is -1.35. The summed E-state index contributed by atoms with van der Waals surface area (Å²) < 4.78 is 5.34. The van der Waals surface area contributed by atoms with E-state index in [1.54, 1.807) is 14.2 Å². The number of rotatable bonds is 8. The molecule has 0 unspecified atom stereocenters. The minimum absolute atomic E-state index is 0. The number of hydrogen-bond donors (Lipinski definition) is 3. The summed E-state index contributed by atoms with van der Waals surface area (Å²) in [5.74, 6) is 0.667. The molecule has 1 aromatic rings. The molecule has 0 aliphatic heterocycles. The van der Waals surface area contributed by atoms with Gasteiger partial charge >= 0.3 is 0 Å². The van der Waals surface area contributed by atoms with Crippen molar-refractivity contribution in [3.8, 4) is 0 Å². The zero-order chi connectivity index (χ0) is 17.1. The second kappa shape index (κ2) is 12.1. The van der Waals surface area contributed by atoms with Gasteiger partial charge < -0.3 is 20.7 Å². The molecule has 0 heterocycles. The molecule has 0 aliphatic carbocycles. The van der Waals surface area contributed by atoms with E-state index in [9.17, 15) is 4.79 Å². The van der Waals surface area contributed by atoms with Gasteiger partial charge in [-0.25, -0.2) is 0 Å². The van der Waals surface area contributed by atoms with Crippen LogP contribution in [0.5, 0.6) is 0 Å². The number of carbonyl (C=O) groups is 1. The van der Waals surface area contributed by atoms with E-state index in [1.807, 2.05) is 44.2 Å². The molecule has 0 atom stereocenters. The SMILES string of the molecule is CN=C(NCCC(=O)NCc1ccccc1)NCC(C)(C)OC.I. The van der Waals surface area contributed by atoms with Crippen LogP contribution in [0.1, 0.15) is 25.8 Å². The Kier molecular flexibility index (Phi) is 11.4. The maximum absolute atomic E-state index is 11.8. The molecule has 1 aromatic carbocycles. The van der Waals surface area contributed by atoms with Crippen LogP contribution in [0, 0.1) is 0 Å². The van der Waals surface area contributed by atoms with Crippen LogP contribution < -0.4 is 16.0 Å². The molecule has 0 spiro atoms. The van der Waals surface area contributed by atoms with Crippen molar-refractivity contribution < 1.29 is 9.53 Å². The molecule has 0 fully saturated rings. The van der Waals surface area contributed by atoms with Crippen LogP contribution in [0.3, 0.4) is 0 Å². The number of carbonyl (C=O) groups excluding carboxylic acids is 1. The molecule has 24 heavy (non-hydrogen) atoms. The maximum atomic E-state index is 11.8. The van der Waals surface area contributed by atoms with Crippen molar-refractivity contribution >= 4 is 35.8 Å². The van der Waals surface area contributed by atoms with E-state index in [2.05, 4.69) is 20.9 Å². The predicted molar refractivity (Wildman–Crippen MR) is 109 cm³/mol. The number of ether oxygens (including phenoxy) is 1. The first-order valence-corrected chi connectivity index (χ1v) is 7.77. The molecule has 0 aliphatic rings. The molecule has 0 radical (unpaired) electrons. The lowest BCUT2D eigenvalue weighted by Gasteiger charge is -2.24. The van der Waals surface area contributed by atoms with Crippen LogP contribution in [0.25, 0.3) is 0 Å². The van der Waals surface area contributed by atoms with Crippen molar-refractivity contribution in [2.45, 2.75) is 32.4 Å². The van der Waals surface area contributed by atoms with Crippen LogP contribution in [0.4, 0.5) is 0 Å². The lowest BCUT2D eigenvalue weighted by Crippen LogP contribution is -2.46. The number of halogens is 1. The Bertz CT molecular complexity index is 507. The quantitative estimate of drug-likeness (QED) is 0.323. The molecule has 0 bridgehead atoms. The van der Waals surface area contributed by atoms with E-state index in [0.717, 1.165) is 5.56 Å². The van der Waals surface area contributed by atoms with Crippen molar-refractivity contribution in [3.63, 3.8) is 0 Å². The largest absolute Gasteiger partial charge is 0.377 e. The zero-order valence-corrected chi connectivity index (χ0v) is 17.2. The third kappa shape index (κ3) is 9.71. The molecule has 1 rings (SSSR count). The van der Waals surface area contributed by atoms with E-state index in [0.29, 0.717) is 32.0 Å². The number of hydrogen-bond acceptors (Lipinski definition) is 3. The van der Waals surface area contributed by atoms with Gasteiger partial charge in [-0.05, 0) is 19.4 Å². The molecule has 0 aromatic heterocycles. The van der Waals surface area contributed by atoms with Crippen LogP contribution in [0.15, 0.2) is 35.3 Å². The van der Waals surface area contributed by atoms with Gasteiger partial charge in [0.2, 0.25) is 5.91 Å². The van der Waals surface area contributed by atoms with Crippen LogP contribution in [0.2, 0.25) is 0 Å². The topological polar surface area (TPSA) is 74.8 Å². The summed E-state index contributed by atoms with van der Waals surface area (Å²) in [4.78, 5) is 15.9. The highest BCUT2D eigenvalue weighted by Gasteiger charge is 2.16. The smallest absolute Gasteiger partial charge is 0.222 e. The van der Waals surface area contributed by atoms with E-state index in [4.69, 9.17) is 4.74 Å². The standard InChI is InChI=1S/C17H28N4O2.HI/c1-17(2,23-4)13-21-16(18-3)19-11-10-15(22)20-12-14-8-6-5-7-9-14;/h5-9H,10-13H2,1-4H3,(H,20,22)(H2,18,19,21);1H. The third-order valence-corrected chi connectivity index (χ3v) is 3.43. The minimum atomic E-state index is -0.273. The number of aliphatic imine (C=N–C) groups is 1. The second-order valence-electron chi connectivity index (χ2n) is 5.83. The van der Waals surface area contributed by atoms with Crippen molar-refractivity contribution in [2.75, 3.05) is 27.2 Å². The minimum Gasteiger partial charge on any atom is -0.377 e. The highest BCUT2D eigenvalue weighted by atomic mass is 127. The summed E-state index contributed by atoms with van der Waals surface area (Å²) in [7, 11) is 3.37. The van der Waals surface area contributed by atoms with E-state index < -0.39 is 0 Å². The molecular weight excluding hydrogens is 419 g/mol. The Labute approximate surface area is 161 Å². The van der Waals surface area contributed by atoms with Gasteiger partial charge in [-0.15, -0.1) is 24.0 Å². The fraction of sp³-hybridized carbons (Fsp3) is 0.529. The first-order chi connectivity index (χ1) is 11.0. The second-order valence-corrected chi connectivity index (χ2v) is 5.83. The van der Waals surface area contributed by atoms with Gasteiger partial charge in [-0.3, -0.25) is 9.79 Å². The number of amides is 1. The molecule has 6 nitrogen and oxygen atoms in total. The summed E-state index contributed by atoms with van der Waals surface area (Å²) in [6, 6.07) is 9.85. The number of nitrogens with zero attached hydrogens (tertiary/aromatic N) is 1. The van der Waals surface area contributed by atoms with Crippen molar-refractivity contribution in [1.82, 2.24) is 16.0 Å². The highest BCUT2D eigenvalue weighted by molar-refractivity contribution is 14.0. The van der Waals surface area contributed by atoms with Gasteiger partial charge in [-0.2, -0.15) is 0 Å². The molecular formula is C17H29IN4O2. The van der Waals surface area contributed by atoms with Gasteiger partial charge in [-0.1, -0.05) is 30.3 Å². The van der Waals surface area contributed by atoms with Crippen molar-refractivity contribution in [2.24, 2.45) is 4.99 Å². The molecule has 3 N–H and O–H groups in total. The highest BCUT2D eigenvalue weighted by Crippen LogP contribution is 2.04. The summed E-state index contributed by atoms with van der Waals surface area (Å²) in [6.07, 6.45) is 0.390. The summed E-state index contributed by atoms with van der Waals surface area (Å²) in [5, 5.41) is 9.19. The van der Waals surface area contributed by atoms with Crippen molar-refractivity contribution in [1.29, 1.82) is 0 Å². The third-order valence-electron chi connectivity index (χ3n) is 3.43. The van der Waals surface area contributed by atoms with Gasteiger partial charge in [0.15, 0.2) is 5.96 Å². The average molecular weight is 448 g/mol. The monoisotopic (exact) mass is 448 g/mol. The van der Waals surface area contributed by atoms with Crippen LogP contribution in [-0.4, -0.2) is 44.7 Å². The number of benzene rings is 1. The zero-order valence-electron chi connectivity index (χ0n) is 14.9. The van der Waals surface area contributed by atoms with E-state index in [1.165, 1.54) is 0 Å². The fourth-order valence-electron chi connectivity index (χ4n) is 1.77. The van der Waals surface area contributed by atoms with Gasteiger partial charge in [0, 0.05) is 40.2 Å². The number of nitrogens with one attached hydrogen (secondary N) is 3. The van der Waals surface area contributed by atoms with Gasteiger partial charge in [0.05, 0.1) is 5.60 Å². The maximum Gasteiger partial charge on any atom is 0.222 e. The molecule has 0 saturated heterocycles. The van der Waals surface area contributed by atoms with E-state index in [-0.39, 0.29) is 35.5 Å². The Balaban J connectivity index is 0.00000529. The van der Waals surface area contributed by atoms with Gasteiger partial charge in [0.25, 0.3) is 0 Å².